The molecule has 3 rings (SSSR count). The van der Waals surface area contributed by atoms with Crippen molar-refractivity contribution in [2.45, 2.75) is 31.7 Å². The number of benzene rings is 2. The van der Waals surface area contributed by atoms with Crippen molar-refractivity contribution in [1.82, 2.24) is 14.8 Å². The van der Waals surface area contributed by atoms with E-state index >= 15 is 0 Å². The molecular weight excluding hydrogens is 396 g/mol. The van der Waals surface area contributed by atoms with Crippen LogP contribution in [0.1, 0.15) is 19.7 Å². The van der Waals surface area contributed by atoms with Gasteiger partial charge in [0.25, 0.3) is 0 Å². The largest absolute Gasteiger partial charge is 0.462 e. The van der Waals surface area contributed by atoms with Crippen molar-refractivity contribution < 1.29 is 9.53 Å². The summed E-state index contributed by atoms with van der Waals surface area (Å²) in [5.41, 5.74) is 1.86. The van der Waals surface area contributed by atoms with Crippen LogP contribution in [0.15, 0.2) is 59.8 Å². The fourth-order valence-electron chi connectivity index (χ4n) is 2.51. The Kier molecular flexibility index (Phi) is 6.95. The number of para-hydroxylation sites is 1. The van der Waals surface area contributed by atoms with Crippen LogP contribution < -0.4 is 5.32 Å². The van der Waals surface area contributed by atoms with Gasteiger partial charge in [0, 0.05) is 16.4 Å². The van der Waals surface area contributed by atoms with Gasteiger partial charge < -0.3 is 10.1 Å². The van der Waals surface area contributed by atoms with Gasteiger partial charge in [-0.1, -0.05) is 41.6 Å². The lowest BCUT2D eigenvalue weighted by molar-refractivity contribution is -0.144. The van der Waals surface area contributed by atoms with Crippen LogP contribution in [0.25, 0.3) is 5.69 Å². The SMILES string of the molecule is CC(C)OC(=O)CSc1nnc(CNc2ccc(Cl)cc2)n1-c1ccccc1. The van der Waals surface area contributed by atoms with Crippen molar-refractivity contribution in [3.8, 4) is 5.69 Å². The highest BCUT2D eigenvalue weighted by molar-refractivity contribution is 7.99. The van der Waals surface area contributed by atoms with E-state index in [0.29, 0.717) is 16.7 Å². The lowest BCUT2D eigenvalue weighted by Gasteiger charge is -2.12. The number of hydrogen-bond donors (Lipinski definition) is 1. The Morgan fingerprint density at radius 1 is 1.14 bits per heavy atom. The number of anilines is 1. The average Bonchev–Trinajstić information content (AvgIpc) is 3.09. The smallest absolute Gasteiger partial charge is 0.316 e. The van der Waals surface area contributed by atoms with E-state index in [1.54, 1.807) is 0 Å². The molecular formula is C20H21ClN4O2S. The van der Waals surface area contributed by atoms with Crippen molar-refractivity contribution >= 4 is 35.0 Å². The molecule has 0 aliphatic heterocycles. The number of carbonyl (C=O) groups is 1. The molecule has 8 heteroatoms. The van der Waals surface area contributed by atoms with Gasteiger partial charge in [-0.15, -0.1) is 10.2 Å². The number of ether oxygens (including phenoxy) is 1. The Labute approximate surface area is 173 Å². The number of thioether (sulfide) groups is 1. The molecule has 0 fully saturated rings. The van der Waals surface area contributed by atoms with Gasteiger partial charge in [-0.3, -0.25) is 9.36 Å². The molecule has 0 amide bonds. The van der Waals surface area contributed by atoms with Gasteiger partial charge in [-0.25, -0.2) is 0 Å². The number of esters is 1. The third-order valence-corrected chi connectivity index (χ3v) is 4.85. The van der Waals surface area contributed by atoms with Gasteiger partial charge in [0.1, 0.15) is 0 Å². The molecule has 0 spiro atoms. The first kappa shape index (κ1) is 20.2. The van der Waals surface area contributed by atoms with Gasteiger partial charge >= 0.3 is 5.97 Å². The van der Waals surface area contributed by atoms with E-state index in [-0.39, 0.29) is 17.8 Å². The number of rotatable bonds is 8. The van der Waals surface area contributed by atoms with Crippen LogP contribution in [-0.2, 0) is 16.1 Å². The summed E-state index contributed by atoms with van der Waals surface area (Å²) in [6, 6.07) is 17.3. The molecule has 146 valence electrons. The Morgan fingerprint density at radius 2 is 1.86 bits per heavy atom. The fourth-order valence-corrected chi connectivity index (χ4v) is 3.39. The Hall–Kier alpha value is -2.51. The number of hydrogen-bond acceptors (Lipinski definition) is 6. The van der Waals surface area contributed by atoms with Gasteiger partial charge in [0.2, 0.25) is 0 Å². The average molecular weight is 417 g/mol. The van der Waals surface area contributed by atoms with E-state index in [1.165, 1.54) is 11.8 Å². The van der Waals surface area contributed by atoms with Crippen molar-refractivity contribution in [2.75, 3.05) is 11.1 Å². The number of nitrogens with one attached hydrogen (secondary N) is 1. The molecule has 0 bridgehead atoms. The topological polar surface area (TPSA) is 69.0 Å². The summed E-state index contributed by atoms with van der Waals surface area (Å²) in [7, 11) is 0. The molecule has 0 saturated heterocycles. The molecule has 0 atom stereocenters. The summed E-state index contributed by atoms with van der Waals surface area (Å²) < 4.78 is 7.14. The second kappa shape index (κ2) is 9.61. The fraction of sp³-hybridized carbons (Fsp3) is 0.250. The van der Waals surface area contributed by atoms with Crippen molar-refractivity contribution in [3.63, 3.8) is 0 Å². The molecule has 2 aromatic carbocycles. The molecule has 1 heterocycles. The van der Waals surface area contributed by atoms with Crippen LogP contribution >= 0.6 is 23.4 Å². The highest BCUT2D eigenvalue weighted by Crippen LogP contribution is 2.23. The van der Waals surface area contributed by atoms with E-state index in [4.69, 9.17) is 16.3 Å². The zero-order valence-corrected chi connectivity index (χ0v) is 17.2. The lowest BCUT2D eigenvalue weighted by atomic mass is 10.3. The van der Waals surface area contributed by atoms with Gasteiger partial charge in [-0.05, 0) is 50.2 Å². The highest BCUT2D eigenvalue weighted by Gasteiger charge is 2.16. The molecule has 0 saturated carbocycles. The van der Waals surface area contributed by atoms with Gasteiger partial charge in [-0.2, -0.15) is 0 Å². The predicted molar refractivity (Wildman–Crippen MR) is 112 cm³/mol. The number of halogens is 1. The van der Waals surface area contributed by atoms with Crippen LogP contribution in [0.3, 0.4) is 0 Å². The molecule has 3 aromatic rings. The lowest BCUT2D eigenvalue weighted by Crippen LogP contribution is -2.14. The molecule has 6 nitrogen and oxygen atoms in total. The predicted octanol–water partition coefficient (Wildman–Crippen LogP) is 4.58. The first-order valence-electron chi connectivity index (χ1n) is 8.84. The summed E-state index contributed by atoms with van der Waals surface area (Å²) in [6.07, 6.45) is -0.140. The first-order chi connectivity index (χ1) is 13.5. The van der Waals surface area contributed by atoms with E-state index < -0.39 is 0 Å². The Bertz CT molecular complexity index is 914. The standard InChI is InChI=1S/C20H21ClN4O2S/c1-14(2)27-19(26)13-28-20-24-23-18(25(20)17-6-4-3-5-7-17)12-22-16-10-8-15(21)9-11-16/h3-11,14,22H,12-13H2,1-2H3. The quantitative estimate of drug-likeness (QED) is 0.428. The molecule has 0 radical (unpaired) electrons. The zero-order chi connectivity index (χ0) is 19.9. The van der Waals surface area contributed by atoms with Crippen molar-refractivity contribution in [3.05, 3.63) is 65.4 Å². The number of aromatic nitrogens is 3. The van der Waals surface area contributed by atoms with Gasteiger partial charge in [0.05, 0.1) is 18.4 Å². The summed E-state index contributed by atoms with van der Waals surface area (Å²) in [6.45, 7) is 4.13. The number of carbonyl (C=O) groups excluding carboxylic acids is 1. The molecule has 28 heavy (non-hydrogen) atoms. The minimum atomic E-state index is -0.275. The first-order valence-corrected chi connectivity index (χ1v) is 10.2. The minimum absolute atomic E-state index is 0.140. The third-order valence-electron chi connectivity index (χ3n) is 3.70. The minimum Gasteiger partial charge on any atom is -0.462 e. The van der Waals surface area contributed by atoms with E-state index in [1.807, 2.05) is 73.0 Å². The Balaban J connectivity index is 1.78. The normalized spacial score (nSPS) is 10.9. The summed E-state index contributed by atoms with van der Waals surface area (Å²) >= 11 is 7.24. The maximum Gasteiger partial charge on any atom is 0.316 e. The highest BCUT2D eigenvalue weighted by atomic mass is 35.5. The second-order valence-electron chi connectivity index (χ2n) is 6.26. The van der Waals surface area contributed by atoms with Crippen LogP contribution in [-0.4, -0.2) is 32.6 Å². The van der Waals surface area contributed by atoms with Crippen LogP contribution in [0.5, 0.6) is 0 Å². The van der Waals surface area contributed by atoms with Crippen molar-refractivity contribution in [2.24, 2.45) is 0 Å². The van der Waals surface area contributed by atoms with Crippen molar-refractivity contribution in [1.29, 1.82) is 0 Å². The molecule has 0 unspecified atom stereocenters. The maximum atomic E-state index is 11.9. The van der Waals surface area contributed by atoms with Crippen LogP contribution in [0.2, 0.25) is 5.02 Å². The second-order valence-corrected chi connectivity index (χ2v) is 7.64. The third kappa shape index (κ3) is 5.50. The van der Waals surface area contributed by atoms with Crippen LogP contribution in [0, 0.1) is 0 Å². The van der Waals surface area contributed by atoms with E-state index in [2.05, 4.69) is 15.5 Å². The summed E-state index contributed by atoms with van der Waals surface area (Å²) in [4.78, 5) is 11.9. The molecule has 1 N–H and O–H groups in total. The monoisotopic (exact) mass is 416 g/mol. The Morgan fingerprint density at radius 3 is 2.54 bits per heavy atom. The summed E-state index contributed by atoms with van der Waals surface area (Å²) in [5.74, 6) is 0.637. The number of nitrogens with zero attached hydrogens (tertiary/aromatic N) is 3. The maximum absolute atomic E-state index is 11.9. The van der Waals surface area contributed by atoms with Gasteiger partial charge in [0.15, 0.2) is 11.0 Å². The molecule has 0 aliphatic rings. The summed E-state index contributed by atoms with van der Waals surface area (Å²) in [5, 5.41) is 13.2. The molecule has 0 aliphatic carbocycles. The molecule has 1 aromatic heterocycles. The van der Waals surface area contributed by atoms with Crippen LogP contribution in [0.4, 0.5) is 5.69 Å². The zero-order valence-electron chi connectivity index (χ0n) is 15.6. The van der Waals surface area contributed by atoms with E-state index in [9.17, 15) is 4.79 Å². The van der Waals surface area contributed by atoms with E-state index in [0.717, 1.165) is 17.2 Å².